The predicted octanol–water partition coefficient (Wildman–Crippen LogP) is 0.101. The lowest BCUT2D eigenvalue weighted by atomic mass is 10.1. The van der Waals surface area contributed by atoms with Crippen molar-refractivity contribution >= 4 is 16.0 Å². The third kappa shape index (κ3) is 2.86. The van der Waals surface area contributed by atoms with Gasteiger partial charge in [0.1, 0.15) is 0 Å². The maximum absolute atomic E-state index is 12.3. The van der Waals surface area contributed by atoms with E-state index in [4.69, 9.17) is 0 Å². The zero-order valence-electron chi connectivity index (χ0n) is 12.7. The fourth-order valence-electron chi connectivity index (χ4n) is 2.76. The normalized spacial score (nSPS) is 17.1. The summed E-state index contributed by atoms with van der Waals surface area (Å²) in [4.78, 5) is 6.51. The topological polar surface area (TPSA) is 85.1 Å². The molecule has 2 aromatic heterocycles. The molecule has 0 spiro atoms. The Balaban J connectivity index is 1.63. The highest BCUT2D eigenvalue weighted by atomic mass is 32.2. The predicted molar refractivity (Wildman–Crippen MR) is 82.0 cm³/mol. The van der Waals surface area contributed by atoms with Crippen LogP contribution >= 0.6 is 0 Å². The fourth-order valence-corrected chi connectivity index (χ4v) is 4.20. The molecule has 0 saturated carbocycles. The average Bonchev–Trinajstić information content (AvgIpc) is 3.08. The van der Waals surface area contributed by atoms with Crippen molar-refractivity contribution < 1.29 is 8.42 Å². The maximum Gasteiger partial charge on any atom is 0.257 e. The molecule has 1 aliphatic rings. The zero-order valence-corrected chi connectivity index (χ0v) is 13.5. The Hall–Kier alpha value is -1.87. The van der Waals surface area contributed by atoms with Crippen molar-refractivity contribution in [1.82, 2.24) is 24.1 Å². The molecule has 9 heteroatoms. The Labute approximate surface area is 129 Å². The van der Waals surface area contributed by atoms with E-state index in [1.54, 1.807) is 13.2 Å². The van der Waals surface area contributed by atoms with E-state index >= 15 is 0 Å². The quantitative estimate of drug-likeness (QED) is 0.862. The number of nitrogens with one attached hydrogen (secondary N) is 1. The SMILES string of the molecule is Cn1ccnc1N1CCC(NS(=O)(=O)c2ccnn2C)CC1. The molecule has 0 atom stereocenters. The van der Waals surface area contributed by atoms with Gasteiger partial charge in [0, 0.05) is 45.6 Å². The molecule has 3 heterocycles. The van der Waals surface area contributed by atoms with Crippen molar-refractivity contribution in [3.8, 4) is 0 Å². The van der Waals surface area contributed by atoms with Crippen LogP contribution in [0.4, 0.5) is 5.95 Å². The van der Waals surface area contributed by atoms with E-state index in [0.717, 1.165) is 31.9 Å². The van der Waals surface area contributed by atoms with Crippen LogP contribution in [0.3, 0.4) is 0 Å². The van der Waals surface area contributed by atoms with Gasteiger partial charge in [-0.3, -0.25) is 4.68 Å². The van der Waals surface area contributed by atoms with Crippen molar-refractivity contribution in [1.29, 1.82) is 0 Å². The van der Waals surface area contributed by atoms with Gasteiger partial charge in [-0.2, -0.15) is 5.10 Å². The van der Waals surface area contributed by atoms with Gasteiger partial charge in [-0.25, -0.2) is 18.1 Å². The van der Waals surface area contributed by atoms with E-state index in [9.17, 15) is 8.42 Å². The summed E-state index contributed by atoms with van der Waals surface area (Å²) in [6.45, 7) is 1.56. The molecule has 22 heavy (non-hydrogen) atoms. The van der Waals surface area contributed by atoms with Crippen LogP contribution in [0.15, 0.2) is 29.7 Å². The molecule has 0 unspecified atom stereocenters. The van der Waals surface area contributed by atoms with Crippen LogP contribution in [0.2, 0.25) is 0 Å². The second kappa shape index (κ2) is 5.73. The van der Waals surface area contributed by atoms with Crippen LogP contribution in [0.1, 0.15) is 12.8 Å². The van der Waals surface area contributed by atoms with Gasteiger partial charge in [0.2, 0.25) is 5.95 Å². The Morgan fingerprint density at radius 1 is 1.23 bits per heavy atom. The molecule has 8 nitrogen and oxygen atoms in total. The number of sulfonamides is 1. The molecular weight excluding hydrogens is 304 g/mol. The smallest absolute Gasteiger partial charge is 0.257 e. The summed E-state index contributed by atoms with van der Waals surface area (Å²) in [7, 11) is 0.0655. The first-order valence-electron chi connectivity index (χ1n) is 7.20. The molecule has 0 amide bonds. The maximum atomic E-state index is 12.3. The fraction of sp³-hybridized carbons (Fsp3) is 0.538. The average molecular weight is 324 g/mol. The molecule has 1 saturated heterocycles. The minimum Gasteiger partial charge on any atom is -0.342 e. The Bertz CT molecular complexity index is 742. The number of imidazole rings is 1. The van der Waals surface area contributed by atoms with Crippen molar-refractivity contribution in [2.45, 2.75) is 23.9 Å². The highest BCUT2D eigenvalue weighted by molar-refractivity contribution is 7.89. The molecular formula is C13H20N6O2S. The minimum atomic E-state index is -3.52. The van der Waals surface area contributed by atoms with Crippen molar-refractivity contribution in [2.75, 3.05) is 18.0 Å². The molecule has 0 aromatic carbocycles. The molecule has 0 aliphatic carbocycles. The number of anilines is 1. The summed E-state index contributed by atoms with van der Waals surface area (Å²) in [5, 5.41) is 4.10. The summed E-state index contributed by atoms with van der Waals surface area (Å²) in [5.74, 6) is 0.924. The molecule has 0 bridgehead atoms. The lowest BCUT2D eigenvalue weighted by Gasteiger charge is -2.32. The first-order chi connectivity index (χ1) is 10.5. The Kier molecular flexibility index (Phi) is 3.92. The van der Waals surface area contributed by atoms with Crippen molar-refractivity contribution in [3.05, 3.63) is 24.7 Å². The number of aromatic nitrogens is 4. The van der Waals surface area contributed by atoms with E-state index in [1.807, 2.05) is 17.8 Å². The van der Waals surface area contributed by atoms with E-state index in [2.05, 4.69) is 19.7 Å². The summed E-state index contributed by atoms with van der Waals surface area (Å²) in [6.07, 6.45) is 6.67. The highest BCUT2D eigenvalue weighted by Crippen LogP contribution is 2.19. The third-order valence-corrected chi connectivity index (χ3v) is 5.54. The van der Waals surface area contributed by atoms with Crippen LogP contribution < -0.4 is 9.62 Å². The van der Waals surface area contributed by atoms with E-state index in [-0.39, 0.29) is 11.1 Å². The van der Waals surface area contributed by atoms with Crippen LogP contribution in [0.25, 0.3) is 0 Å². The number of nitrogens with zero attached hydrogens (tertiary/aromatic N) is 5. The first kappa shape index (κ1) is 15.0. The summed E-state index contributed by atoms with van der Waals surface area (Å²) < 4.78 is 30.8. The second-order valence-electron chi connectivity index (χ2n) is 5.51. The highest BCUT2D eigenvalue weighted by Gasteiger charge is 2.27. The summed E-state index contributed by atoms with van der Waals surface area (Å²) in [5.41, 5.74) is 0. The van der Waals surface area contributed by atoms with Gasteiger partial charge in [0.15, 0.2) is 5.03 Å². The largest absolute Gasteiger partial charge is 0.342 e. The van der Waals surface area contributed by atoms with Gasteiger partial charge in [-0.05, 0) is 18.9 Å². The molecule has 1 N–H and O–H groups in total. The summed E-state index contributed by atoms with van der Waals surface area (Å²) >= 11 is 0. The summed E-state index contributed by atoms with van der Waals surface area (Å²) in [6, 6.07) is 1.45. The Morgan fingerprint density at radius 3 is 2.50 bits per heavy atom. The van der Waals surface area contributed by atoms with Gasteiger partial charge >= 0.3 is 0 Å². The molecule has 0 radical (unpaired) electrons. The number of piperidine rings is 1. The van der Waals surface area contributed by atoms with Gasteiger partial charge in [-0.15, -0.1) is 0 Å². The molecule has 1 aliphatic heterocycles. The lowest BCUT2D eigenvalue weighted by Crippen LogP contribution is -2.45. The van der Waals surface area contributed by atoms with Crippen molar-refractivity contribution in [3.63, 3.8) is 0 Å². The first-order valence-corrected chi connectivity index (χ1v) is 8.68. The van der Waals surface area contributed by atoms with Gasteiger partial charge in [0.05, 0.1) is 6.20 Å². The van der Waals surface area contributed by atoms with Crippen LogP contribution in [-0.4, -0.2) is 46.9 Å². The van der Waals surface area contributed by atoms with E-state index < -0.39 is 10.0 Å². The van der Waals surface area contributed by atoms with Crippen LogP contribution in [0.5, 0.6) is 0 Å². The molecule has 2 aromatic rings. The number of aryl methyl sites for hydroxylation is 2. The van der Waals surface area contributed by atoms with Crippen LogP contribution in [-0.2, 0) is 24.1 Å². The molecule has 120 valence electrons. The number of rotatable bonds is 4. The van der Waals surface area contributed by atoms with Crippen molar-refractivity contribution in [2.24, 2.45) is 14.1 Å². The minimum absolute atomic E-state index is 0.0589. The lowest BCUT2D eigenvalue weighted by molar-refractivity contribution is 0.451. The van der Waals surface area contributed by atoms with Gasteiger partial charge in [-0.1, -0.05) is 0 Å². The molecule has 3 rings (SSSR count). The number of hydrogen-bond acceptors (Lipinski definition) is 5. The zero-order chi connectivity index (χ0) is 15.7. The third-order valence-electron chi connectivity index (χ3n) is 3.95. The Morgan fingerprint density at radius 2 is 1.95 bits per heavy atom. The standard InChI is InChI=1S/C13H20N6O2S/c1-17-10-7-14-13(17)19-8-4-11(5-9-19)16-22(20,21)12-3-6-15-18(12)2/h3,6-7,10-11,16H,4-5,8-9H2,1-2H3. The number of hydrogen-bond donors (Lipinski definition) is 1. The van der Waals surface area contributed by atoms with Crippen LogP contribution in [0, 0.1) is 0 Å². The van der Waals surface area contributed by atoms with Gasteiger partial charge < -0.3 is 9.47 Å². The monoisotopic (exact) mass is 324 g/mol. The van der Waals surface area contributed by atoms with E-state index in [1.165, 1.54) is 16.9 Å². The molecule has 1 fully saturated rings. The van der Waals surface area contributed by atoms with Gasteiger partial charge in [0.25, 0.3) is 10.0 Å². The van der Waals surface area contributed by atoms with E-state index in [0.29, 0.717) is 0 Å². The second-order valence-corrected chi connectivity index (χ2v) is 7.17.